The van der Waals surface area contributed by atoms with Crippen LogP contribution in [0.2, 0.25) is 0 Å². The smallest absolute Gasteiger partial charge is 0.327 e. The number of hydrogen-bond donors (Lipinski definition) is 3. The van der Waals surface area contributed by atoms with E-state index in [1.54, 1.807) is 4.68 Å². The van der Waals surface area contributed by atoms with E-state index < -0.39 is 11.2 Å². The second kappa shape index (κ2) is 3.94. The molecule has 0 aliphatic carbocycles. The Morgan fingerprint density at radius 3 is 2.79 bits per heavy atom. The van der Waals surface area contributed by atoms with E-state index in [9.17, 15) is 9.59 Å². The van der Waals surface area contributed by atoms with Gasteiger partial charge in [-0.1, -0.05) is 6.92 Å². The van der Waals surface area contributed by atoms with Gasteiger partial charge in [0.05, 0.1) is 11.3 Å². The molecule has 0 saturated carbocycles. The number of hydrogen-bond acceptors (Lipinski definition) is 4. The molecule has 19 heavy (non-hydrogen) atoms. The molecule has 3 aromatic rings. The maximum Gasteiger partial charge on any atom is 0.327 e. The number of fused-ring (bicyclic) bond motifs is 1. The molecule has 0 aliphatic rings. The third kappa shape index (κ3) is 1.77. The Morgan fingerprint density at radius 2 is 2.05 bits per heavy atom. The summed E-state index contributed by atoms with van der Waals surface area (Å²) >= 11 is 0. The van der Waals surface area contributed by atoms with Crippen LogP contribution < -0.4 is 11.2 Å². The van der Waals surface area contributed by atoms with Crippen molar-refractivity contribution in [2.24, 2.45) is 7.05 Å². The van der Waals surface area contributed by atoms with E-state index in [0.29, 0.717) is 5.82 Å². The summed E-state index contributed by atoms with van der Waals surface area (Å²) in [6, 6.07) is 0. The van der Waals surface area contributed by atoms with E-state index in [1.807, 2.05) is 20.2 Å². The number of nitrogens with one attached hydrogen (secondary N) is 3. The largest absolute Gasteiger partial charge is 0.332 e. The first kappa shape index (κ1) is 11.5. The lowest BCUT2D eigenvalue weighted by Crippen LogP contribution is -2.21. The normalized spacial score (nSPS) is 11.3. The predicted octanol–water partition coefficient (Wildman–Crippen LogP) is -0.0976. The molecule has 0 amide bonds. The molecule has 0 aromatic carbocycles. The van der Waals surface area contributed by atoms with Crippen LogP contribution in [-0.4, -0.2) is 29.7 Å². The summed E-state index contributed by atoms with van der Waals surface area (Å²) in [5.41, 5.74) is 1.13. The molecule has 0 spiro atoms. The number of H-pyrrole nitrogens is 3. The van der Waals surface area contributed by atoms with Gasteiger partial charge in [0.25, 0.3) is 5.56 Å². The Morgan fingerprint density at radius 1 is 1.26 bits per heavy atom. The molecular weight excluding hydrogens is 248 g/mol. The quantitative estimate of drug-likeness (QED) is 0.597. The second-order valence-electron chi connectivity index (χ2n) is 4.23. The van der Waals surface area contributed by atoms with Gasteiger partial charge in [0.1, 0.15) is 11.3 Å². The highest BCUT2D eigenvalue weighted by atomic mass is 16.2. The second-order valence-corrected chi connectivity index (χ2v) is 4.23. The first-order valence-electron chi connectivity index (χ1n) is 5.83. The van der Waals surface area contributed by atoms with Crippen LogP contribution in [0.5, 0.6) is 0 Å². The minimum atomic E-state index is -0.572. The van der Waals surface area contributed by atoms with Crippen LogP contribution in [0.4, 0.5) is 0 Å². The highest BCUT2D eigenvalue weighted by Crippen LogP contribution is 2.21. The minimum absolute atomic E-state index is 0.245. The van der Waals surface area contributed by atoms with Crippen LogP contribution in [0.25, 0.3) is 22.6 Å². The van der Waals surface area contributed by atoms with Crippen molar-refractivity contribution in [1.82, 2.24) is 29.7 Å². The van der Waals surface area contributed by atoms with E-state index >= 15 is 0 Å². The van der Waals surface area contributed by atoms with Crippen molar-refractivity contribution in [2.75, 3.05) is 0 Å². The Labute approximate surface area is 106 Å². The maximum absolute atomic E-state index is 11.6. The van der Waals surface area contributed by atoms with Crippen LogP contribution >= 0.6 is 0 Å². The standard InChI is InChI=1S/C11H12N6O2/c1-3-6-5(4-17(2)16-6)8-12-7-9(13-8)14-11(19)15-10(7)18/h4H,3H2,1-2H3,(H3,12,13,14,15,18,19). The van der Waals surface area contributed by atoms with Gasteiger partial charge in [0.15, 0.2) is 5.65 Å². The topological polar surface area (TPSA) is 112 Å². The van der Waals surface area contributed by atoms with Crippen LogP contribution in [0.15, 0.2) is 15.8 Å². The van der Waals surface area contributed by atoms with Gasteiger partial charge in [-0.25, -0.2) is 9.78 Å². The van der Waals surface area contributed by atoms with Crippen molar-refractivity contribution in [3.63, 3.8) is 0 Å². The monoisotopic (exact) mass is 260 g/mol. The molecule has 98 valence electrons. The van der Waals surface area contributed by atoms with Gasteiger partial charge in [0.2, 0.25) is 0 Å². The molecule has 8 heteroatoms. The lowest BCUT2D eigenvalue weighted by atomic mass is 10.2. The molecule has 0 atom stereocenters. The third-order valence-corrected chi connectivity index (χ3v) is 2.89. The van der Waals surface area contributed by atoms with E-state index in [1.165, 1.54) is 0 Å². The first-order valence-corrected chi connectivity index (χ1v) is 5.83. The van der Waals surface area contributed by atoms with E-state index in [4.69, 9.17) is 0 Å². The van der Waals surface area contributed by atoms with E-state index in [-0.39, 0.29) is 11.2 Å². The number of aryl methyl sites for hydroxylation is 2. The average molecular weight is 260 g/mol. The Bertz CT molecular complexity index is 865. The van der Waals surface area contributed by atoms with Gasteiger partial charge >= 0.3 is 5.69 Å². The summed E-state index contributed by atoms with van der Waals surface area (Å²) < 4.78 is 1.69. The number of imidazole rings is 1. The molecule has 0 aliphatic heterocycles. The zero-order chi connectivity index (χ0) is 13.6. The summed E-state index contributed by atoms with van der Waals surface area (Å²) in [6.07, 6.45) is 2.57. The van der Waals surface area contributed by atoms with Gasteiger partial charge in [-0.15, -0.1) is 0 Å². The molecule has 3 aromatic heterocycles. The molecule has 0 fully saturated rings. The molecular formula is C11H12N6O2. The van der Waals surface area contributed by atoms with Crippen LogP contribution in [-0.2, 0) is 13.5 Å². The van der Waals surface area contributed by atoms with Gasteiger partial charge in [0, 0.05) is 13.2 Å². The molecule has 0 bridgehead atoms. The predicted molar refractivity (Wildman–Crippen MR) is 68.9 cm³/mol. The van der Waals surface area contributed by atoms with Crippen molar-refractivity contribution in [1.29, 1.82) is 0 Å². The first-order chi connectivity index (χ1) is 9.08. The summed E-state index contributed by atoms with van der Waals surface area (Å²) in [4.78, 5) is 34.6. The van der Waals surface area contributed by atoms with Crippen molar-refractivity contribution >= 4 is 11.2 Å². The molecule has 0 radical (unpaired) electrons. The average Bonchev–Trinajstić information content (AvgIpc) is 2.91. The fourth-order valence-corrected chi connectivity index (χ4v) is 2.05. The molecule has 8 nitrogen and oxygen atoms in total. The summed E-state index contributed by atoms with van der Waals surface area (Å²) in [5.74, 6) is 0.521. The summed E-state index contributed by atoms with van der Waals surface area (Å²) in [5, 5.41) is 4.31. The van der Waals surface area contributed by atoms with E-state index in [0.717, 1.165) is 17.7 Å². The summed E-state index contributed by atoms with van der Waals surface area (Å²) in [6.45, 7) is 1.99. The Hall–Kier alpha value is -2.64. The molecule has 0 unspecified atom stereocenters. The third-order valence-electron chi connectivity index (χ3n) is 2.89. The van der Waals surface area contributed by atoms with Crippen molar-refractivity contribution in [3.05, 3.63) is 32.7 Å². The molecule has 0 saturated heterocycles. The van der Waals surface area contributed by atoms with Crippen LogP contribution in [0.1, 0.15) is 12.6 Å². The highest BCUT2D eigenvalue weighted by molar-refractivity contribution is 5.75. The fourth-order valence-electron chi connectivity index (χ4n) is 2.05. The Balaban J connectivity index is 2.29. The zero-order valence-electron chi connectivity index (χ0n) is 10.4. The molecule has 3 N–H and O–H groups in total. The number of nitrogens with zero attached hydrogens (tertiary/aromatic N) is 3. The van der Waals surface area contributed by atoms with Gasteiger partial charge < -0.3 is 4.98 Å². The van der Waals surface area contributed by atoms with Gasteiger partial charge in [-0.3, -0.25) is 19.4 Å². The highest BCUT2D eigenvalue weighted by Gasteiger charge is 2.14. The molecule has 3 rings (SSSR count). The lowest BCUT2D eigenvalue weighted by molar-refractivity contribution is 0.746. The Kier molecular flexibility index (Phi) is 2.37. The molecule has 3 heterocycles. The summed E-state index contributed by atoms with van der Waals surface area (Å²) in [7, 11) is 1.82. The number of rotatable bonds is 2. The van der Waals surface area contributed by atoms with Crippen molar-refractivity contribution in [2.45, 2.75) is 13.3 Å². The van der Waals surface area contributed by atoms with Gasteiger partial charge in [-0.05, 0) is 6.42 Å². The fraction of sp³-hybridized carbons (Fsp3) is 0.273. The van der Waals surface area contributed by atoms with E-state index in [2.05, 4.69) is 25.0 Å². The maximum atomic E-state index is 11.6. The lowest BCUT2D eigenvalue weighted by Gasteiger charge is -1.93. The van der Waals surface area contributed by atoms with Crippen LogP contribution in [0.3, 0.4) is 0 Å². The number of aromatic amines is 3. The SMILES string of the molecule is CCc1nn(C)cc1-c1nc2[nH]c(=O)[nH]c(=O)c2[nH]1. The number of aromatic nitrogens is 6. The van der Waals surface area contributed by atoms with Crippen molar-refractivity contribution in [3.8, 4) is 11.4 Å². The minimum Gasteiger partial charge on any atom is -0.332 e. The van der Waals surface area contributed by atoms with Crippen molar-refractivity contribution < 1.29 is 0 Å². The van der Waals surface area contributed by atoms with Crippen LogP contribution in [0, 0.1) is 0 Å². The van der Waals surface area contributed by atoms with Gasteiger partial charge in [-0.2, -0.15) is 5.10 Å². The zero-order valence-corrected chi connectivity index (χ0v) is 10.4.